The quantitative estimate of drug-likeness (QED) is 0.246. The van der Waals surface area contributed by atoms with E-state index in [2.05, 4.69) is 20.9 Å². The molecule has 232 valence electrons. The van der Waals surface area contributed by atoms with Crippen LogP contribution in [0.4, 0.5) is 15.3 Å². The van der Waals surface area contributed by atoms with Gasteiger partial charge in [-0.25, -0.2) is 23.0 Å². The third kappa shape index (κ3) is 9.49. The lowest BCUT2D eigenvalue weighted by Crippen LogP contribution is -2.38. The van der Waals surface area contributed by atoms with Gasteiger partial charge in [-0.3, -0.25) is 4.98 Å². The number of anilines is 1. The Morgan fingerprint density at radius 1 is 1.09 bits per heavy atom. The third-order valence-electron chi connectivity index (χ3n) is 6.90. The number of thiazole rings is 1. The Bertz CT molecular complexity index is 1510. The number of carbonyl (C=O) groups excluding carboxylic acids is 2. The summed E-state index contributed by atoms with van der Waals surface area (Å²) in [6, 6.07) is 8.25. The Balaban J connectivity index is 1.50. The van der Waals surface area contributed by atoms with E-state index in [1.807, 2.05) is 40.7 Å². The Morgan fingerprint density at radius 2 is 1.84 bits per heavy atom. The van der Waals surface area contributed by atoms with Crippen molar-refractivity contribution >= 4 is 39.0 Å². The zero-order valence-electron chi connectivity index (χ0n) is 25.3. The van der Waals surface area contributed by atoms with Crippen LogP contribution < -0.4 is 16.0 Å². The fourth-order valence-electron chi connectivity index (χ4n) is 5.07. The number of amides is 3. The van der Waals surface area contributed by atoms with Crippen LogP contribution in [0.15, 0.2) is 53.8 Å². The van der Waals surface area contributed by atoms with E-state index in [9.17, 15) is 18.0 Å². The highest BCUT2D eigenvalue weighted by Crippen LogP contribution is 2.40. The minimum absolute atomic E-state index is 0.0500. The van der Waals surface area contributed by atoms with Gasteiger partial charge in [-0.2, -0.15) is 0 Å². The summed E-state index contributed by atoms with van der Waals surface area (Å²) in [5.74, 6) is 0.183. The predicted octanol–water partition coefficient (Wildman–Crippen LogP) is 6.51. The van der Waals surface area contributed by atoms with E-state index in [1.54, 1.807) is 36.8 Å². The van der Waals surface area contributed by atoms with Crippen molar-refractivity contribution in [1.29, 1.82) is 0 Å². The van der Waals surface area contributed by atoms with Crippen LogP contribution in [0.1, 0.15) is 76.8 Å². The normalized spacial score (nSPS) is 17.3. The van der Waals surface area contributed by atoms with E-state index in [4.69, 9.17) is 9.72 Å². The Kier molecular flexibility index (Phi) is 10.4. The summed E-state index contributed by atoms with van der Waals surface area (Å²) >= 11 is 1.50. The van der Waals surface area contributed by atoms with Crippen molar-refractivity contribution in [3.63, 3.8) is 0 Å². The molecule has 2 heterocycles. The van der Waals surface area contributed by atoms with Crippen molar-refractivity contribution in [2.24, 2.45) is 5.41 Å². The minimum atomic E-state index is -3.71. The highest BCUT2D eigenvalue weighted by Gasteiger charge is 2.29. The molecule has 1 aromatic carbocycles. The topological polar surface area (TPSA) is 139 Å². The number of rotatable bonds is 9. The molecule has 12 heteroatoms. The van der Waals surface area contributed by atoms with Crippen molar-refractivity contribution in [2.45, 2.75) is 89.8 Å². The van der Waals surface area contributed by atoms with Gasteiger partial charge in [0.15, 0.2) is 9.84 Å². The lowest BCUT2D eigenvalue weighted by molar-refractivity contribution is 0.109. The molecule has 2 aromatic heterocycles. The third-order valence-corrected chi connectivity index (χ3v) is 10.4. The van der Waals surface area contributed by atoms with Gasteiger partial charge in [0.1, 0.15) is 0 Å². The average molecular weight is 628 g/mol. The number of pyridine rings is 1. The van der Waals surface area contributed by atoms with Gasteiger partial charge in [-0.15, -0.1) is 11.3 Å². The SMILES string of the molecule is CC(C)OC(=O)NC1CCC(c2ncc(-c3ccc(NC(=O)NCc4cccnc4)cc3S(=O)(=O)CC(C)(C)C)s2)CC1. The van der Waals surface area contributed by atoms with Crippen molar-refractivity contribution in [3.05, 3.63) is 59.5 Å². The molecule has 1 fully saturated rings. The molecule has 0 saturated heterocycles. The maximum atomic E-state index is 13.7. The number of hydrogen-bond donors (Lipinski definition) is 3. The molecule has 3 aromatic rings. The smallest absolute Gasteiger partial charge is 0.407 e. The summed E-state index contributed by atoms with van der Waals surface area (Å²) in [6.07, 6.45) is 7.89. The predicted molar refractivity (Wildman–Crippen MR) is 169 cm³/mol. The van der Waals surface area contributed by atoms with Crippen LogP contribution >= 0.6 is 11.3 Å². The molecule has 10 nitrogen and oxygen atoms in total. The van der Waals surface area contributed by atoms with E-state index in [1.165, 1.54) is 17.4 Å². The molecule has 0 unspecified atom stereocenters. The molecule has 1 aliphatic carbocycles. The zero-order chi connectivity index (χ0) is 31.2. The molecule has 0 aliphatic heterocycles. The largest absolute Gasteiger partial charge is 0.447 e. The van der Waals surface area contributed by atoms with E-state index in [0.717, 1.165) is 41.1 Å². The number of nitrogens with one attached hydrogen (secondary N) is 3. The fraction of sp³-hybridized carbons (Fsp3) is 0.484. The first-order valence-electron chi connectivity index (χ1n) is 14.5. The number of alkyl carbamates (subject to hydrolysis) is 1. The van der Waals surface area contributed by atoms with E-state index < -0.39 is 21.3 Å². The zero-order valence-corrected chi connectivity index (χ0v) is 27.0. The highest BCUT2D eigenvalue weighted by molar-refractivity contribution is 7.91. The molecule has 3 N–H and O–H groups in total. The molecular weight excluding hydrogens is 587 g/mol. The summed E-state index contributed by atoms with van der Waals surface area (Å²) in [7, 11) is -3.71. The molecule has 3 amide bonds. The molecule has 4 rings (SSSR count). The second-order valence-electron chi connectivity index (χ2n) is 12.4. The number of aromatic nitrogens is 2. The van der Waals surface area contributed by atoms with E-state index in [0.29, 0.717) is 11.3 Å². The van der Waals surface area contributed by atoms with Gasteiger partial charge < -0.3 is 20.7 Å². The number of urea groups is 1. The van der Waals surface area contributed by atoms with Crippen LogP contribution in [0.25, 0.3) is 10.4 Å². The fourth-order valence-corrected chi connectivity index (χ4v) is 8.38. The monoisotopic (exact) mass is 627 g/mol. The first kappa shape index (κ1) is 32.4. The van der Waals surface area contributed by atoms with Crippen LogP contribution in [0.5, 0.6) is 0 Å². The van der Waals surface area contributed by atoms with Gasteiger partial charge in [-0.1, -0.05) is 32.9 Å². The lowest BCUT2D eigenvalue weighted by atomic mass is 9.86. The van der Waals surface area contributed by atoms with Gasteiger partial charge >= 0.3 is 12.1 Å². The highest BCUT2D eigenvalue weighted by atomic mass is 32.2. The summed E-state index contributed by atoms with van der Waals surface area (Å²) in [4.78, 5) is 34.3. The first-order chi connectivity index (χ1) is 20.3. The summed E-state index contributed by atoms with van der Waals surface area (Å²) in [5.41, 5.74) is 1.33. The molecule has 1 saturated carbocycles. The number of carbonyl (C=O) groups is 2. The molecule has 43 heavy (non-hydrogen) atoms. The average Bonchev–Trinajstić information content (AvgIpc) is 3.41. The van der Waals surface area contributed by atoms with Crippen molar-refractivity contribution in [2.75, 3.05) is 11.1 Å². The van der Waals surface area contributed by atoms with Crippen molar-refractivity contribution < 1.29 is 22.7 Å². The number of sulfone groups is 1. The maximum absolute atomic E-state index is 13.7. The molecule has 0 radical (unpaired) electrons. The number of benzene rings is 1. The summed E-state index contributed by atoms with van der Waals surface area (Å²) in [5, 5.41) is 9.44. The van der Waals surface area contributed by atoms with Crippen LogP contribution in [-0.4, -0.2) is 48.4 Å². The number of nitrogens with zero attached hydrogens (tertiary/aromatic N) is 2. The van der Waals surface area contributed by atoms with E-state index in [-0.39, 0.29) is 41.4 Å². The van der Waals surface area contributed by atoms with Crippen molar-refractivity contribution in [3.8, 4) is 10.4 Å². The van der Waals surface area contributed by atoms with Crippen LogP contribution in [0.2, 0.25) is 0 Å². The number of ether oxygens (including phenoxy) is 1. The van der Waals surface area contributed by atoms with Gasteiger partial charge in [0.2, 0.25) is 0 Å². The van der Waals surface area contributed by atoms with Crippen molar-refractivity contribution in [1.82, 2.24) is 20.6 Å². The summed E-state index contributed by atoms with van der Waals surface area (Å²) < 4.78 is 32.6. The van der Waals surface area contributed by atoms with Gasteiger partial charge in [-0.05, 0) is 68.7 Å². The van der Waals surface area contributed by atoms with Crippen LogP contribution in [0, 0.1) is 5.41 Å². The summed E-state index contributed by atoms with van der Waals surface area (Å²) in [6.45, 7) is 9.59. The molecule has 1 aliphatic rings. The Hall–Kier alpha value is -3.51. The Morgan fingerprint density at radius 3 is 2.49 bits per heavy atom. The second kappa shape index (κ2) is 13.9. The second-order valence-corrected chi connectivity index (χ2v) is 15.4. The molecular formula is C31H41N5O5S2. The standard InChI is InChI=1S/C31H41N5O5S2/c1-20(2)41-30(38)36-23-10-8-22(9-11-23)28-33-18-26(42-28)25-13-12-24(15-27(25)43(39,40)19-31(3,4)5)35-29(37)34-17-21-7-6-14-32-16-21/h6-7,12-16,18,20,22-23H,8-11,17,19H2,1-5H3,(H,36,38)(H2,34,35,37). The molecule has 0 spiro atoms. The lowest BCUT2D eigenvalue weighted by Gasteiger charge is -2.28. The maximum Gasteiger partial charge on any atom is 0.407 e. The van der Waals surface area contributed by atoms with Gasteiger partial charge in [0.25, 0.3) is 0 Å². The molecule has 0 atom stereocenters. The van der Waals surface area contributed by atoms with Gasteiger partial charge in [0, 0.05) is 48.3 Å². The Labute approximate surface area is 258 Å². The van der Waals surface area contributed by atoms with E-state index >= 15 is 0 Å². The van der Waals surface area contributed by atoms with Crippen LogP contribution in [0.3, 0.4) is 0 Å². The minimum Gasteiger partial charge on any atom is -0.447 e. The first-order valence-corrected chi connectivity index (χ1v) is 17.0. The molecule has 0 bridgehead atoms. The van der Waals surface area contributed by atoms with Crippen LogP contribution in [-0.2, 0) is 21.1 Å². The van der Waals surface area contributed by atoms with Gasteiger partial charge in [0.05, 0.1) is 26.6 Å². The number of hydrogen-bond acceptors (Lipinski definition) is 8.